The molecule has 0 aromatic carbocycles. The maximum absolute atomic E-state index is 11.6. The molecule has 0 saturated heterocycles. The molecule has 0 unspecified atom stereocenters. The van der Waals surface area contributed by atoms with E-state index in [9.17, 15) is 9.59 Å². The van der Waals surface area contributed by atoms with E-state index in [0.717, 1.165) is 12.1 Å². The van der Waals surface area contributed by atoms with Crippen LogP contribution in [-0.2, 0) is 22.6 Å². The van der Waals surface area contributed by atoms with Gasteiger partial charge in [0.15, 0.2) is 5.96 Å². The van der Waals surface area contributed by atoms with Gasteiger partial charge in [0.25, 0.3) is 0 Å². The van der Waals surface area contributed by atoms with Crippen molar-refractivity contribution in [3.63, 3.8) is 0 Å². The zero-order chi connectivity index (χ0) is 16.4. The van der Waals surface area contributed by atoms with Crippen LogP contribution >= 0.6 is 0 Å². The van der Waals surface area contributed by atoms with E-state index in [4.69, 9.17) is 16.2 Å². The summed E-state index contributed by atoms with van der Waals surface area (Å²) in [5.41, 5.74) is 5.91. The summed E-state index contributed by atoms with van der Waals surface area (Å²) in [7, 11) is 0. The van der Waals surface area contributed by atoms with Crippen LogP contribution < -0.4 is 16.4 Å². The van der Waals surface area contributed by atoms with Crippen LogP contribution in [0.2, 0.25) is 0 Å². The molecular formula is C12H21N7O3. The summed E-state index contributed by atoms with van der Waals surface area (Å²) in [6.45, 7) is 0.946. The quantitative estimate of drug-likeness (QED) is 0.203. The number of hydrogen-bond acceptors (Lipinski definition) is 5. The number of aliphatic carboxylic acids is 1. The molecule has 0 radical (unpaired) electrons. The smallest absolute Gasteiger partial charge is 0.303 e. The number of guanidine groups is 1. The van der Waals surface area contributed by atoms with E-state index < -0.39 is 5.97 Å². The first-order valence-electron chi connectivity index (χ1n) is 6.93. The maximum atomic E-state index is 11.6. The highest BCUT2D eigenvalue weighted by molar-refractivity contribution is 5.75. The van der Waals surface area contributed by atoms with Gasteiger partial charge in [-0.05, 0) is 19.3 Å². The fraction of sp³-hybridized carbons (Fsp3) is 0.583. The number of carboxylic acids is 1. The molecule has 1 amide bonds. The van der Waals surface area contributed by atoms with Gasteiger partial charge in [-0.1, -0.05) is 5.21 Å². The first kappa shape index (κ1) is 17.4. The second kappa shape index (κ2) is 9.32. The molecule has 0 aliphatic carbocycles. The van der Waals surface area contributed by atoms with Gasteiger partial charge in [0, 0.05) is 25.7 Å². The normalized spacial score (nSPS) is 10.2. The van der Waals surface area contributed by atoms with E-state index in [1.54, 1.807) is 6.20 Å². The second-order valence-electron chi connectivity index (χ2n) is 4.70. The van der Waals surface area contributed by atoms with Crippen LogP contribution in [0, 0.1) is 5.41 Å². The standard InChI is InChI=1S/C12H21N7O3/c13-12(14)16-6-1-3-9-7-19(18-17-9)8-10(20)15-5-2-4-11(21)22/h7H,1-6,8H2,(H,15,20)(H,21,22)(H4,13,14,16). The summed E-state index contributed by atoms with van der Waals surface area (Å²) in [5, 5.41) is 28.6. The zero-order valence-electron chi connectivity index (χ0n) is 12.2. The molecule has 0 spiro atoms. The van der Waals surface area contributed by atoms with Crippen molar-refractivity contribution in [3.05, 3.63) is 11.9 Å². The van der Waals surface area contributed by atoms with Crippen molar-refractivity contribution >= 4 is 17.8 Å². The number of nitrogens with one attached hydrogen (secondary N) is 3. The molecule has 6 N–H and O–H groups in total. The number of nitrogens with two attached hydrogens (primary N) is 1. The van der Waals surface area contributed by atoms with Crippen LogP contribution in [-0.4, -0.2) is 51.0 Å². The van der Waals surface area contributed by atoms with E-state index in [2.05, 4.69) is 20.9 Å². The maximum Gasteiger partial charge on any atom is 0.303 e. The van der Waals surface area contributed by atoms with Gasteiger partial charge in [0.05, 0.1) is 5.69 Å². The number of nitrogens with zero attached hydrogens (tertiary/aromatic N) is 3. The lowest BCUT2D eigenvalue weighted by molar-refractivity contribution is -0.137. The van der Waals surface area contributed by atoms with Crippen molar-refractivity contribution in [3.8, 4) is 0 Å². The third kappa shape index (κ3) is 7.82. The van der Waals surface area contributed by atoms with Crippen molar-refractivity contribution < 1.29 is 14.7 Å². The highest BCUT2D eigenvalue weighted by Crippen LogP contribution is 1.97. The lowest BCUT2D eigenvalue weighted by Gasteiger charge is -2.03. The van der Waals surface area contributed by atoms with Gasteiger partial charge in [-0.25, -0.2) is 4.68 Å². The minimum absolute atomic E-state index is 0.0298. The third-order valence-corrected chi connectivity index (χ3v) is 2.71. The van der Waals surface area contributed by atoms with Crippen molar-refractivity contribution in [2.24, 2.45) is 5.73 Å². The van der Waals surface area contributed by atoms with E-state index in [1.807, 2.05) is 0 Å². The van der Waals surface area contributed by atoms with Crippen LogP contribution in [0.1, 0.15) is 25.0 Å². The van der Waals surface area contributed by atoms with E-state index in [-0.39, 0.29) is 24.8 Å². The molecule has 0 aliphatic heterocycles. The highest BCUT2D eigenvalue weighted by atomic mass is 16.4. The Morgan fingerprint density at radius 1 is 1.32 bits per heavy atom. The molecule has 0 aliphatic rings. The third-order valence-electron chi connectivity index (χ3n) is 2.71. The van der Waals surface area contributed by atoms with Crippen LogP contribution in [0.25, 0.3) is 0 Å². The average Bonchev–Trinajstić information content (AvgIpc) is 2.87. The van der Waals surface area contributed by atoms with E-state index >= 15 is 0 Å². The molecule has 1 aromatic heterocycles. The Morgan fingerprint density at radius 2 is 2.05 bits per heavy atom. The monoisotopic (exact) mass is 311 g/mol. The molecule has 0 bridgehead atoms. The summed E-state index contributed by atoms with van der Waals surface area (Å²) >= 11 is 0. The summed E-state index contributed by atoms with van der Waals surface area (Å²) < 4.78 is 1.43. The molecular weight excluding hydrogens is 290 g/mol. The molecule has 0 saturated carbocycles. The minimum atomic E-state index is -0.880. The van der Waals surface area contributed by atoms with E-state index in [1.165, 1.54) is 4.68 Å². The number of hydrogen-bond donors (Lipinski definition) is 5. The zero-order valence-corrected chi connectivity index (χ0v) is 12.2. The number of carboxylic acid groups (broad SMARTS) is 1. The molecule has 122 valence electrons. The van der Waals surface area contributed by atoms with Crippen molar-refractivity contribution in [1.29, 1.82) is 5.41 Å². The Labute approximate surface area is 127 Å². The van der Waals surface area contributed by atoms with Gasteiger partial charge in [0.1, 0.15) is 6.54 Å². The predicted molar refractivity (Wildman–Crippen MR) is 78.1 cm³/mol. The number of carbonyl (C=O) groups is 2. The number of aromatic nitrogens is 3. The molecule has 10 nitrogen and oxygen atoms in total. The van der Waals surface area contributed by atoms with Gasteiger partial charge < -0.3 is 21.5 Å². The molecule has 0 fully saturated rings. The summed E-state index contributed by atoms with van der Waals surface area (Å²) in [4.78, 5) is 21.9. The van der Waals surface area contributed by atoms with Crippen LogP contribution in [0.15, 0.2) is 6.20 Å². The lowest BCUT2D eigenvalue weighted by Crippen LogP contribution is -2.31. The Kier molecular flexibility index (Phi) is 7.37. The number of amides is 1. The summed E-state index contributed by atoms with van der Waals surface area (Å²) in [6, 6.07) is 0. The summed E-state index contributed by atoms with van der Waals surface area (Å²) in [6.07, 6.45) is 3.53. The molecule has 1 rings (SSSR count). The van der Waals surface area contributed by atoms with Crippen LogP contribution in [0.5, 0.6) is 0 Å². The largest absolute Gasteiger partial charge is 0.481 e. The van der Waals surface area contributed by atoms with Crippen LogP contribution in [0.4, 0.5) is 0 Å². The van der Waals surface area contributed by atoms with Crippen LogP contribution in [0.3, 0.4) is 0 Å². The van der Waals surface area contributed by atoms with Crippen molar-refractivity contribution in [2.45, 2.75) is 32.2 Å². The lowest BCUT2D eigenvalue weighted by atomic mass is 10.2. The Hall–Kier alpha value is -2.65. The van der Waals surface area contributed by atoms with Gasteiger partial charge in [0.2, 0.25) is 5.91 Å². The van der Waals surface area contributed by atoms with Gasteiger partial charge in [-0.2, -0.15) is 0 Å². The van der Waals surface area contributed by atoms with Gasteiger partial charge in [-0.3, -0.25) is 15.0 Å². The molecule has 0 atom stereocenters. The molecule has 10 heteroatoms. The van der Waals surface area contributed by atoms with Gasteiger partial charge in [-0.15, -0.1) is 5.10 Å². The fourth-order valence-electron chi connectivity index (χ4n) is 1.69. The number of carbonyl (C=O) groups excluding carboxylic acids is 1. The minimum Gasteiger partial charge on any atom is -0.481 e. The topological polar surface area (TPSA) is 159 Å². The fourth-order valence-corrected chi connectivity index (χ4v) is 1.69. The first-order valence-corrected chi connectivity index (χ1v) is 6.93. The number of rotatable bonds is 10. The highest BCUT2D eigenvalue weighted by Gasteiger charge is 2.06. The van der Waals surface area contributed by atoms with E-state index in [0.29, 0.717) is 25.9 Å². The Morgan fingerprint density at radius 3 is 2.73 bits per heavy atom. The SMILES string of the molecule is N=C(N)NCCCc1cn(CC(=O)NCCCC(=O)O)nn1. The Balaban J connectivity index is 2.22. The first-order chi connectivity index (χ1) is 10.5. The second-order valence-corrected chi connectivity index (χ2v) is 4.70. The van der Waals surface area contributed by atoms with Crippen molar-refractivity contribution in [1.82, 2.24) is 25.6 Å². The van der Waals surface area contributed by atoms with Gasteiger partial charge >= 0.3 is 5.97 Å². The predicted octanol–water partition coefficient (Wildman–Crippen LogP) is -1.33. The molecule has 22 heavy (non-hydrogen) atoms. The van der Waals surface area contributed by atoms with Crippen molar-refractivity contribution in [2.75, 3.05) is 13.1 Å². The Bertz CT molecular complexity index is 515. The molecule has 1 aromatic rings. The number of aryl methyl sites for hydroxylation is 1. The molecule has 1 heterocycles. The average molecular weight is 311 g/mol. The summed E-state index contributed by atoms with van der Waals surface area (Å²) in [5.74, 6) is -1.18.